The van der Waals surface area contributed by atoms with Gasteiger partial charge in [-0.15, -0.1) is 0 Å². The smallest absolute Gasteiger partial charge is 0.354 e. The van der Waals surface area contributed by atoms with Crippen LogP contribution >= 0.6 is 0 Å². The van der Waals surface area contributed by atoms with Crippen LogP contribution in [-0.4, -0.2) is 23.4 Å². The van der Waals surface area contributed by atoms with E-state index in [0.717, 1.165) is 36.9 Å². The number of esters is 1. The number of hydrogen-bond donors (Lipinski definition) is 0. The molecule has 20 heavy (non-hydrogen) atoms. The van der Waals surface area contributed by atoms with Crippen molar-refractivity contribution in [3.05, 3.63) is 34.7 Å². The van der Waals surface area contributed by atoms with E-state index in [2.05, 4.69) is 12.2 Å². The average molecular weight is 275 g/mol. The van der Waals surface area contributed by atoms with E-state index in [9.17, 15) is 9.59 Å². The number of ether oxygens (including phenoxy) is 1. The first-order valence-corrected chi connectivity index (χ1v) is 6.99. The number of Topliss-reactive ketones (excluding diaryl/α,β-unsaturated/α-hetero) is 1. The van der Waals surface area contributed by atoms with Gasteiger partial charge in [0.05, 0.1) is 13.7 Å². The molecule has 1 aliphatic carbocycles. The number of carbonyl (C=O) groups is 2. The number of nitrogens with zero attached hydrogens (tertiary/aromatic N) is 1. The van der Waals surface area contributed by atoms with Crippen molar-refractivity contribution in [2.24, 2.45) is 0 Å². The van der Waals surface area contributed by atoms with Gasteiger partial charge in [0.2, 0.25) is 0 Å². The number of allylic oxidation sites excluding steroid dienone is 2. The Morgan fingerprint density at radius 1 is 1.20 bits per heavy atom. The molecule has 0 saturated heterocycles. The summed E-state index contributed by atoms with van der Waals surface area (Å²) in [7, 11) is 1.39. The molecule has 0 aromatic carbocycles. The van der Waals surface area contributed by atoms with Crippen LogP contribution in [-0.2, 0) is 28.9 Å². The molecule has 0 saturated carbocycles. The number of hydrogen-bond acceptors (Lipinski definition) is 3. The molecule has 4 heteroatoms. The molecule has 1 aliphatic rings. The summed E-state index contributed by atoms with van der Waals surface area (Å²) in [6.45, 7) is 3.76. The van der Waals surface area contributed by atoms with E-state index in [1.807, 2.05) is 11.5 Å². The summed E-state index contributed by atoms with van der Waals surface area (Å²) >= 11 is 0. The molecule has 0 radical (unpaired) electrons. The summed E-state index contributed by atoms with van der Waals surface area (Å²) in [6.07, 6.45) is 7.96. The highest BCUT2D eigenvalue weighted by Gasteiger charge is 2.25. The molecule has 0 unspecified atom stereocenters. The van der Waals surface area contributed by atoms with Crippen LogP contribution in [0.5, 0.6) is 0 Å². The Bertz CT molecular complexity index is 567. The van der Waals surface area contributed by atoms with Gasteiger partial charge >= 0.3 is 5.97 Å². The van der Waals surface area contributed by atoms with Crippen molar-refractivity contribution in [1.82, 2.24) is 4.57 Å². The predicted octanol–water partition coefficient (Wildman–Crippen LogP) is 2.61. The van der Waals surface area contributed by atoms with Crippen LogP contribution in [0.3, 0.4) is 0 Å². The summed E-state index contributed by atoms with van der Waals surface area (Å²) in [5, 5.41) is 0. The van der Waals surface area contributed by atoms with Gasteiger partial charge in [-0.1, -0.05) is 12.2 Å². The summed E-state index contributed by atoms with van der Waals surface area (Å²) in [6, 6.07) is 0. The van der Waals surface area contributed by atoms with Crippen molar-refractivity contribution >= 4 is 11.8 Å². The number of carbonyl (C=O) groups excluding carboxylic acids is 2. The highest BCUT2D eigenvalue weighted by Crippen LogP contribution is 2.28. The molecule has 0 amide bonds. The third-order valence-corrected chi connectivity index (χ3v) is 3.81. The van der Waals surface area contributed by atoms with Crippen molar-refractivity contribution in [3.63, 3.8) is 0 Å². The van der Waals surface area contributed by atoms with E-state index in [-0.39, 0.29) is 18.3 Å². The molecule has 1 aromatic rings. The molecule has 0 atom stereocenters. The maximum atomic E-state index is 12.1. The maximum Gasteiger partial charge on any atom is 0.354 e. The number of rotatable bonds is 3. The van der Waals surface area contributed by atoms with Crippen molar-refractivity contribution in [2.75, 3.05) is 7.11 Å². The van der Waals surface area contributed by atoms with Gasteiger partial charge in [0.25, 0.3) is 0 Å². The van der Waals surface area contributed by atoms with E-state index in [1.165, 1.54) is 12.7 Å². The van der Waals surface area contributed by atoms with Gasteiger partial charge in [0.15, 0.2) is 0 Å². The average Bonchev–Trinajstić information content (AvgIpc) is 2.61. The molecule has 0 N–H and O–H groups in total. The topological polar surface area (TPSA) is 48.3 Å². The molecule has 108 valence electrons. The number of fused-ring (bicyclic) bond motifs is 1. The predicted molar refractivity (Wildman–Crippen MR) is 77.0 cm³/mol. The van der Waals surface area contributed by atoms with Crippen molar-refractivity contribution in [3.8, 4) is 0 Å². The standard InChI is InChI=1S/C16H21NO3/c1-11(18)10-17-12(2)13-8-6-4-5-7-9-14(13)15(17)16(19)20-3/h4-5H,6-10H2,1-3H3/b5-4+. The minimum Gasteiger partial charge on any atom is -0.464 e. The molecule has 4 nitrogen and oxygen atoms in total. The largest absolute Gasteiger partial charge is 0.464 e. The van der Waals surface area contributed by atoms with Gasteiger partial charge in [-0.25, -0.2) is 4.79 Å². The monoisotopic (exact) mass is 275 g/mol. The van der Waals surface area contributed by atoms with Crippen molar-refractivity contribution in [2.45, 2.75) is 46.1 Å². The van der Waals surface area contributed by atoms with Crippen LogP contribution in [0, 0.1) is 6.92 Å². The van der Waals surface area contributed by atoms with Gasteiger partial charge in [-0.05, 0) is 50.7 Å². The molecule has 0 spiro atoms. The zero-order valence-corrected chi connectivity index (χ0v) is 12.4. The number of ketones is 1. The third kappa shape index (κ3) is 2.69. The Hall–Kier alpha value is -1.84. The van der Waals surface area contributed by atoms with Crippen molar-refractivity contribution < 1.29 is 14.3 Å². The van der Waals surface area contributed by atoms with Gasteiger partial charge in [0.1, 0.15) is 11.5 Å². The minimum absolute atomic E-state index is 0.0411. The highest BCUT2D eigenvalue weighted by atomic mass is 16.5. The Balaban J connectivity index is 2.58. The first kappa shape index (κ1) is 14.6. The quantitative estimate of drug-likeness (QED) is 0.629. The van der Waals surface area contributed by atoms with Crippen LogP contribution in [0.4, 0.5) is 0 Å². The van der Waals surface area contributed by atoms with Crippen molar-refractivity contribution in [1.29, 1.82) is 0 Å². The Morgan fingerprint density at radius 3 is 2.35 bits per heavy atom. The summed E-state index contributed by atoms with van der Waals surface area (Å²) < 4.78 is 6.74. The van der Waals surface area contributed by atoms with Gasteiger partial charge in [0, 0.05) is 5.69 Å². The van der Waals surface area contributed by atoms with Gasteiger partial charge in [-0.3, -0.25) is 4.79 Å². The number of methoxy groups -OCH3 is 1. The molecule has 1 heterocycles. The lowest BCUT2D eigenvalue weighted by Crippen LogP contribution is -2.17. The third-order valence-electron chi connectivity index (χ3n) is 3.81. The fourth-order valence-corrected chi connectivity index (χ4v) is 2.90. The van der Waals surface area contributed by atoms with E-state index < -0.39 is 0 Å². The molecule has 0 fully saturated rings. The minimum atomic E-state index is -0.347. The normalized spacial score (nSPS) is 15.9. The molecule has 2 rings (SSSR count). The molecule has 0 aliphatic heterocycles. The SMILES string of the molecule is COC(=O)c1c2c(c(C)n1CC(C)=O)CC/C=C/CC2. The zero-order valence-electron chi connectivity index (χ0n) is 12.4. The lowest BCUT2D eigenvalue weighted by atomic mass is 9.97. The van der Waals surface area contributed by atoms with Crippen LogP contribution in [0.1, 0.15) is 47.1 Å². The number of aromatic nitrogens is 1. The molecular formula is C16H21NO3. The van der Waals surface area contributed by atoms with Gasteiger partial charge in [-0.2, -0.15) is 0 Å². The Morgan fingerprint density at radius 2 is 1.80 bits per heavy atom. The van der Waals surface area contributed by atoms with Crippen LogP contribution in [0.25, 0.3) is 0 Å². The van der Waals surface area contributed by atoms with E-state index in [4.69, 9.17) is 4.74 Å². The van der Waals surface area contributed by atoms with Gasteiger partial charge < -0.3 is 9.30 Å². The van der Waals surface area contributed by atoms with E-state index in [1.54, 1.807) is 6.92 Å². The first-order chi connectivity index (χ1) is 9.56. The van der Waals surface area contributed by atoms with Crippen LogP contribution in [0.15, 0.2) is 12.2 Å². The summed E-state index contributed by atoms with van der Waals surface area (Å²) in [5.41, 5.74) is 3.84. The van der Waals surface area contributed by atoms with Crippen LogP contribution < -0.4 is 0 Å². The summed E-state index contributed by atoms with van der Waals surface area (Å²) in [4.78, 5) is 23.6. The highest BCUT2D eigenvalue weighted by molar-refractivity contribution is 5.91. The van der Waals surface area contributed by atoms with Crippen LogP contribution in [0.2, 0.25) is 0 Å². The van der Waals surface area contributed by atoms with E-state index in [0.29, 0.717) is 5.69 Å². The second-order valence-corrected chi connectivity index (χ2v) is 5.22. The second-order valence-electron chi connectivity index (χ2n) is 5.22. The van der Waals surface area contributed by atoms with E-state index >= 15 is 0 Å². The lowest BCUT2D eigenvalue weighted by molar-refractivity contribution is -0.117. The summed E-state index contributed by atoms with van der Waals surface area (Å²) in [5.74, 6) is -0.306. The second kappa shape index (κ2) is 6.07. The molecule has 1 aromatic heterocycles. The fraction of sp³-hybridized carbons (Fsp3) is 0.500. The fourth-order valence-electron chi connectivity index (χ4n) is 2.90. The Labute approximate surface area is 119 Å². The lowest BCUT2D eigenvalue weighted by Gasteiger charge is -2.09. The first-order valence-electron chi connectivity index (χ1n) is 6.99. The Kier molecular flexibility index (Phi) is 4.42. The zero-order chi connectivity index (χ0) is 14.7. The maximum absolute atomic E-state index is 12.1. The molecule has 0 bridgehead atoms. The molecular weight excluding hydrogens is 254 g/mol.